The third-order valence-corrected chi connectivity index (χ3v) is 0.196. The molecule has 5 heavy (non-hydrogen) atoms. The van der Waals surface area contributed by atoms with E-state index in [-0.39, 0.29) is 6.54 Å². The van der Waals surface area contributed by atoms with Crippen molar-refractivity contribution in [3.05, 3.63) is 0 Å². The number of nitrogens with zero attached hydrogens (tertiary/aromatic N) is 1. The van der Waals surface area contributed by atoms with E-state index in [0.717, 1.165) is 0 Å². The normalized spacial score (nSPS) is 7.40. The van der Waals surface area contributed by atoms with Gasteiger partial charge in [-0.3, -0.25) is 0 Å². The molecule has 0 bridgehead atoms. The average molecular weight is 76.1 g/mol. The molecule has 3 heteroatoms. The number of nitrogens with one attached hydrogen (secondary N) is 1. The smallest absolute Gasteiger partial charge is 0.111 e. The van der Waals surface area contributed by atoms with Crippen LogP contribution >= 0.6 is 0 Å². The molecule has 0 aromatic rings. The van der Waals surface area contributed by atoms with E-state index in [1.54, 1.807) is 0 Å². The Morgan fingerprint density at radius 1 is 1.80 bits per heavy atom. The SMILES string of the molecule is N=NCCF. The van der Waals surface area contributed by atoms with E-state index in [1.807, 2.05) is 0 Å². The third-order valence-electron chi connectivity index (χ3n) is 0.196. The first-order valence-electron chi connectivity index (χ1n) is 1.31. The van der Waals surface area contributed by atoms with Crippen LogP contribution in [0.1, 0.15) is 0 Å². The summed E-state index contributed by atoms with van der Waals surface area (Å²) in [5.74, 6) is 0. The number of hydrogen-bond donors (Lipinski definition) is 1. The van der Waals surface area contributed by atoms with Gasteiger partial charge in [0.25, 0.3) is 0 Å². The molecular formula is C2H5FN2. The maximum Gasteiger partial charge on any atom is 0.111 e. The molecule has 0 unspecified atom stereocenters. The van der Waals surface area contributed by atoms with Gasteiger partial charge in [-0.25, -0.2) is 9.92 Å². The number of rotatable bonds is 2. The Balaban J connectivity index is 2.40. The standard InChI is InChI=1S/C2H5FN2/c3-1-2-5-4/h4H,1-2H2. The van der Waals surface area contributed by atoms with Crippen molar-refractivity contribution in [1.29, 1.82) is 5.53 Å². The summed E-state index contributed by atoms with van der Waals surface area (Å²) < 4.78 is 10.8. The minimum absolute atomic E-state index is 0.0139. The topological polar surface area (TPSA) is 36.2 Å². The van der Waals surface area contributed by atoms with Crippen LogP contribution in [0.2, 0.25) is 0 Å². The maximum absolute atomic E-state index is 10.8. The lowest BCUT2D eigenvalue weighted by Gasteiger charge is -1.69. The van der Waals surface area contributed by atoms with E-state index in [9.17, 15) is 4.39 Å². The summed E-state index contributed by atoms with van der Waals surface area (Å²) in [6.45, 7) is -0.497. The van der Waals surface area contributed by atoms with Gasteiger partial charge in [0.05, 0.1) is 6.54 Å². The molecule has 0 amide bonds. The fourth-order valence-corrected chi connectivity index (χ4v) is 0.0423. The predicted molar refractivity (Wildman–Crippen MR) is 16.0 cm³/mol. The molecule has 0 spiro atoms. The Bertz CT molecular complexity index is 28.8. The molecule has 30 valence electrons. The largest absolute Gasteiger partial charge is 0.249 e. The highest BCUT2D eigenvalue weighted by molar-refractivity contribution is 4.24. The van der Waals surface area contributed by atoms with Gasteiger partial charge in [0.2, 0.25) is 0 Å². The molecule has 0 fully saturated rings. The summed E-state index contributed by atoms with van der Waals surface area (Å²) >= 11 is 0. The van der Waals surface area contributed by atoms with Crippen molar-refractivity contribution in [2.75, 3.05) is 13.2 Å². The quantitative estimate of drug-likeness (QED) is 0.476. The van der Waals surface area contributed by atoms with E-state index in [2.05, 4.69) is 5.11 Å². The van der Waals surface area contributed by atoms with Gasteiger partial charge in [-0.05, 0) is 0 Å². The fourth-order valence-electron chi connectivity index (χ4n) is 0.0423. The Labute approximate surface area is 29.5 Å². The first-order valence-corrected chi connectivity index (χ1v) is 1.31. The molecule has 0 aliphatic heterocycles. The van der Waals surface area contributed by atoms with Gasteiger partial charge in [-0.2, -0.15) is 5.11 Å². The van der Waals surface area contributed by atoms with Crippen molar-refractivity contribution in [1.82, 2.24) is 0 Å². The second kappa shape index (κ2) is 3.53. The van der Waals surface area contributed by atoms with Crippen molar-refractivity contribution in [2.45, 2.75) is 0 Å². The van der Waals surface area contributed by atoms with Gasteiger partial charge in [0.1, 0.15) is 6.67 Å². The highest BCUT2D eigenvalue weighted by Crippen LogP contribution is 1.65. The van der Waals surface area contributed by atoms with E-state index in [0.29, 0.717) is 0 Å². The van der Waals surface area contributed by atoms with E-state index < -0.39 is 6.67 Å². The predicted octanol–water partition coefficient (Wildman–Crippen LogP) is 0.987. The average Bonchev–Trinajstić information content (AvgIpc) is 1.41. The van der Waals surface area contributed by atoms with Crippen LogP contribution in [-0.2, 0) is 0 Å². The summed E-state index contributed by atoms with van der Waals surface area (Å²) in [4.78, 5) is 0. The molecule has 0 saturated heterocycles. The molecule has 0 aromatic carbocycles. The lowest BCUT2D eigenvalue weighted by Crippen LogP contribution is -1.74. The second-order valence-corrected chi connectivity index (χ2v) is 0.571. The molecule has 0 aliphatic rings. The molecular weight excluding hydrogens is 71.0 g/mol. The Morgan fingerprint density at radius 2 is 2.40 bits per heavy atom. The van der Waals surface area contributed by atoms with Crippen LogP contribution in [0.25, 0.3) is 0 Å². The minimum Gasteiger partial charge on any atom is -0.249 e. The van der Waals surface area contributed by atoms with Gasteiger partial charge in [-0.1, -0.05) is 0 Å². The fraction of sp³-hybridized carbons (Fsp3) is 1.00. The van der Waals surface area contributed by atoms with Crippen LogP contribution in [0.5, 0.6) is 0 Å². The van der Waals surface area contributed by atoms with Gasteiger partial charge in [0.15, 0.2) is 0 Å². The molecule has 0 saturated carbocycles. The van der Waals surface area contributed by atoms with Gasteiger partial charge >= 0.3 is 0 Å². The first-order chi connectivity index (χ1) is 2.41. The van der Waals surface area contributed by atoms with Crippen LogP contribution in [-0.4, -0.2) is 13.2 Å². The van der Waals surface area contributed by atoms with Crippen molar-refractivity contribution in [2.24, 2.45) is 5.11 Å². The summed E-state index contributed by atoms with van der Waals surface area (Å²) in [5, 5.41) is 2.73. The zero-order valence-electron chi connectivity index (χ0n) is 2.74. The van der Waals surface area contributed by atoms with Crippen LogP contribution in [0.4, 0.5) is 4.39 Å². The van der Waals surface area contributed by atoms with Gasteiger partial charge in [0, 0.05) is 0 Å². The zero-order chi connectivity index (χ0) is 4.12. The van der Waals surface area contributed by atoms with Crippen molar-refractivity contribution >= 4 is 0 Å². The Morgan fingerprint density at radius 3 is 2.40 bits per heavy atom. The van der Waals surface area contributed by atoms with E-state index >= 15 is 0 Å². The van der Waals surface area contributed by atoms with Crippen molar-refractivity contribution in [3.8, 4) is 0 Å². The maximum atomic E-state index is 10.8. The van der Waals surface area contributed by atoms with Crippen LogP contribution in [0, 0.1) is 5.53 Å². The highest BCUT2D eigenvalue weighted by atomic mass is 19.1. The lowest BCUT2D eigenvalue weighted by molar-refractivity contribution is 0.497. The number of alkyl halides is 1. The molecule has 0 heterocycles. The van der Waals surface area contributed by atoms with Crippen LogP contribution in [0.15, 0.2) is 5.11 Å². The molecule has 0 aromatic heterocycles. The molecule has 2 nitrogen and oxygen atoms in total. The van der Waals surface area contributed by atoms with Gasteiger partial charge in [-0.15, -0.1) is 0 Å². The summed E-state index contributed by atoms with van der Waals surface area (Å²) in [6, 6.07) is 0. The van der Waals surface area contributed by atoms with E-state index in [1.165, 1.54) is 0 Å². The van der Waals surface area contributed by atoms with Crippen molar-refractivity contribution < 1.29 is 4.39 Å². The van der Waals surface area contributed by atoms with E-state index in [4.69, 9.17) is 5.53 Å². The number of hydrogen-bond acceptors (Lipinski definition) is 2. The highest BCUT2D eigenvalue weighted by Gasteiger charge is 1.67. The third kappa shape index (κ3) is 3.53. The molecule has 0 radical (unpaired) electrons. The monoisotopic (exact) mass is 76.0 g/mol. The first kappa shape index (κ1) is 4.53. The summed E-state index contributed by atoms with van der Waals surface area (Å²) in [7, 11) is 0. The zero-order valence-corrected chi connectivity index (χ0v) is 2.74. The number of halogens is 1. The molecule has 1 N–H and O–H groups in total. The summed E-state index contributed by atoms with van der Waals surface area (Å²) in [6.07, 6.45) is 0. The lowest BCUT2D eigenvalue weighted by atomic mass is 10.8. The molecule has 0 aliphatic carbocycles. The molecule has 0 atom stereocenters. The second-order valence-electron chi connectivity index (χ2n) is 0.571. The summed E-state index contributed by atoms with van der Waals surface area (Å²) in [5.41, 5.74) is 5.99. The molecule has 0 rings (SSSR count). The van der Waals surface area contributed by atoms with Crippen LogP contribution in [0.3, 0.4) is 0 Å². The Hall–Kier alpha value is -0.470. The minimum atomic E-state index is -0.510. The van der Waals surface area contributed by atoms with Crippen LogP contribution < -0.4 is 0 Å². The van der Waals surface area contributed by atoms with Crippen molar-refractivity contribution in [3.63, 3.8) is 0 Å². The Kier molecular flexibility index (Phi) is 3.20. The van der Waals surface area contributed by atoms with Gasteiger partial charge < -0.3 is 0 Å².